The first-order valence-electron chi connectivity index (χ1n) is 26.6. The van der Waals surface area contributed by atoms with Crippen molar-refractivity contribution >= 4 is 17.9 Å². The van der Waals surface area contributed by atoms with E-state index in [1.165, 1.54) is 173 Å². The normalized spacial score (nSPS) is 12.6. The van der Waals surface area contributed by atoms with E-state index in [1.54, 1.807) is 0 Å². The van der Waals surface area contributed by atoms with Gasteiger partial charge in [-0.25, -0.2) is 0 Å². The van der Waals surface area contributed by atoms with Crippen LogP contribution in [0.1, 0.15) is 292 Å². The number of rotatable bonds is 47. The van der Waals surface area contributed by atoms with Gasteiger partial charge in [0.15, 0.2) is 6.10 Å². The van der Waals surface area contributed by atoms with Crippen molar-refractivity contribution in [2.75, 3.05) is 13.2 Å². The van der Waals surface area contributed by atoms with Gasteiger partial charge in [-0.3, -0.25) is 14.4 Å². The van der Waals surface area contributed by atoms with Crippen molar-refractivity contribution in [3.8, 4) is 0 Å². The first-order valence-corrected chi connectivity index (χ1v) is 26.6. The van der Waals surface area contributed by atoms with Crippen LogP contribution in [0.3, 0.4) is 0 Å². The predicted molar refractivity (Wildman–Crippen MR) is 256 cm³/mol. The maximum absolute atomic E-state index is 12.8. The van der Waals surface area contributed by atoms with E-state index in [1.807, 2.05) is 0 Å². The molecule has 0 fully saturated rings. The SMILES string of the molecule is CCC(C)CCCCCCCCCCCCC(=O)O[C@H](COC(=O)CCCCCCCCCCCCCCCCCCC(C)C)COC(=O)CCCCCCCCC(C)C. The molecule has 0 amide bonds. The molecule has 0 aromatic heterocycles. The van der Waals surface area contributed by atoms with Crippen LogP contribution in [0.4, 0.5) is 0 Å². The first-order chi connectivity index (χ1) is 29.1. The van der Waals surface area contributed by atoms with Gasteiger partial charge in [-0.1, -0.05) is 253 Å². The molecular weight excluding hydrogens is 745 g/mol. The average Bonchev–Trinajstić information content (AvgIpc) is 3.22. The summed E-state index contributed by atoms with van der Waals surface area (Å²) in [5.41, 5.74) is 0. The van der Waals surface area contributed by atoms with Crippen LogP contribution in [0.25, 0.3) is 0 Å². The summed E-state index contributed by atoms with van der Waals surface area (Å²) in [6, 6.07) is 0. The summed E-state index contributed by atoms with van der Waals surface area (Å²) >= 11 is 0. The molecular formula is C54H104O6. The number of ether oxygens (including phenoxy) is 3. The monoisotopic (exact) mass is 849 g/mol. The summed E-state index contributed by atoms with van der Waals surface area (Å²) in [5, 5.41) is 0. The zero-order valence-electron chi connectivity index (χ0n) is 41.3. The second-order valence-electron chi connectivity index (χ2n) is 19.7. The lowest BCUT2D eigenvalue weighted by molar-refractivity contribution is -0.167. The molecule has 0 aromatic carbocycles. The number of hydrogen-bond acceptors (Lipinski definition) is 6. The minimum Gasteiger partial charge on any atom is -0.462 e. The fraction of sp³-hybridized carbons (Fsp3) is 0.944. The summed E-state index contributed by atoms with van der Waals surface area (Å²) in [7, 11) is 0. The summed E-state index contributed by atoms with van der Waals surface area (Å²) < 4.78 is 16.8. The molecule has 0 aliphatic heterocycles. The third-order valence-electron chi connectivity index (χ3n) is 12.5. The molecule has 0 N–H and O–H groups in total. The minimum atomic E-state index is -0.763. The molecule has 6 nitrogen and oxygen atoms in total. The van der Waals surface area contributed by atoms with E-state index in [0.717, 1.165) is 75.5 Å². The minimum absolute atomic E-state index is 0.0652. The van der Waals surface area contributed by atoms with Gasteiger partial charge in [-0.15, -0.1) is 0 Å². The van der Waals surface area contributed by atoms with Crippen LogP contribution >= 0.6 is 0 Å². The number of carbonyl (C=O) groups excluding carboxylic acids is 3. The fourth-order valence-corrected chi connectivity index (χ4v) is 8.08. The van der Waals surface area contributed by atoms with Crippen molar-refractivity contribution in [2.45, 2.75) is 298 Å². The van der Waals surface area contributed by atoms with Gasteiger partial charge >= 0.3 is 17.9 Å². The lowest BCUT2D eigenvalue weighted by Crippen LogP contribution is -2.30. The fourth-order valence-electron chi connectivity index (χ4n) is 8.08. The summed E-state index contributed by atoms with van der Waals surface area (Å²) in [6.07, 6.45) is 45.3. The average molecular weight is 849 g/mol. The van der Waals surface area contributed by atoms with Crippen LogP contribution in [0.2, 0.25) is 0 Å². The van der Waals surface area contributed by atoms with Crippen LogP contribution in [0.15, 0.2) is 0 Å². The van der Waals surface area contributed by atoms with E-state index in [9.17, 15) is 14.4 Å². The van der Waals surface area contributed by atoms with E-state index in [4.69, 9.17) is 14.2 Å². The van der Waals surface area contributed by atoms with Gasteiger partial charge in [-0.05, 0) is 37.0 Å². The standard InChI is InChI=1S/C54H104O6/c1-7-50(6)42-36-30-23-19-16-17-21-25-33-39-45-54(57)60-51(47-59-53(56)44-38-32-27-26-29-35-41-49(4)5)46-58-52(55)43-37-31-24-20-15-13-11-9-8-10-12-14-18-22-28-34-40-48(2)3/h48-51H,7-47H2,1-6H3/t50?,51-/m1/s1. The molecule has 0 spiro atoms. The molecule has 6 heteroatoms. The van der Waals surface area contributed by atoms with E-state index in [0.29, 0.717) is 19.3 Å². The second kappa shape index (κ2) is 45.4. The topological polar surface area (TPSA) is 78.9 Å². The Bertz CT molecular complexity index is 931. The Morgan fingerprint density at radius 2 is 0.583 bits per heavy atom. The van der Waals surface area contributed by atoms with Crippen LogP contribution < -0.4 is 0 Å². The molecule has 1 unspecified atom stereocenters. The van der Waals surface area contributed by atoms with E-state index in [2.05, 4.69) is 41.5 Å². The predicted octanol–water partition coefficient (Wildman–Crippen LogP) is 17.2. The Balaban J connectivity index is 4.24. The van der Waals surface area contributed by atoms with Crippen LogP contribution in [0, 0.1) is 17.8 Å². The van der Waals surface area contributed by atoms with Gasteiger partial charge in [0, 0.05) is 19.3 Å². The molecule has 0 aliphatic rings. The maximum atomic E-state index is 12.8. The van der Waals surface area contributed by atoms with Crippen molar-refractivity contribution in [2.24, 2.45) is 17.8 Å². The summed E-state index contributed by atoms with van der Waals surface area (Å²) in [5.74, 6) is 1.63. The van der Waals surface area contributed by atoms with Crippen molar-refractivity contribution in [3.63, 3.8) is 0 Å². The largest absolute Gasteiger partial charge is 0.462 e. The third-order valence-corrected chi connectivity index (χ3v) is 12.5. The number of carbonyl (C=O) groups is 3. The summed E-state index contributed by atoms with van der Waals surface area (Å²) in [6.45, 7) is 13.7. The van der Waals surface area contributed by atoms with Gasteiger partial charge in [0.05, 0.1) is 0 Å². The van der Waals surface area contributed by atoms with Crippen molar-refractivity contribution in [1.29, 1.82) is 0 Å². The molecule has 0 rings (SSSR count). The Labute approximate surface area is 374 Å². The smallest absolute Gasteiger partial charge is 0.306 e. The molecule has 0 aromatic rings. The Hall–Kier alpha value is -1.59. The Kier molecular flexibility index (Phi) is 44.2. The highest BCUT2D eigenvalue weighted by atomic mass is 16.6. The van der Waals surface area contributed by atoms with Crippen molar-refractivity contribution < 1.29 is 28.6 Å². The molecule has 0 heterocycles. The molecule has 0 saturated heterocycles. The zero-order valence-corrected chi connectivity index (χ0v) is 41.3. The van der Waals surface area contributed by atoms with Gasteiger partial charge < -0.3 is 14.2 Å². The van der Waals surface area contributed by atoms with Crippen molar-refractivity contribution in [3.05, 3.63) is 0 Å². The highest BCUT2D eigenvalue weighted by Crippen LogP contribution is 2.18. The lowest BCUT2D eigenvalue weighted by atomic mass is 9.99. The van der Waals surface area contributed by atoms with Crippen LogP contribution in [-0.4, -0.2) is 37.2 Å². The zero-order chi connectivity index (χ0) is 44.2. The highest BCUT2D eigenvalue weighted by Gasteiger charge is 2.19. The quantitative estimate of drug-likeness (QED) is 0.0345. The van der Waals surface area contributed by atoms with Gasteiger partial charge in [0.25, 0.3) is 0 Å². The Morgan fingerprint density at radius 3 is 0.867 bits per heavy atom. The number of unbranched alkanes of at least 4 members (excludes halogenated alkanes) is 29. The lowest BCUT2D eigenvalue weighted by Gasteiger charge is -2.18. The molecule has 0 aliphatic carbocycles. The molecule has 2 atom stereocenters. The number of hydrogen-bond donors (Lipinski definition) is 0. The Morgan fingerprint density at radius 1 is 0.333 bits per heavy atom. The van der Waals surface area contributed by atoms with Crippen LogP contribution in [-0.2, 0) is 28.6 Å². The van der Waals surface area contributed by atoms with Crippen LogP contribution in [0.5, 0.6) is 0 Å². The summed E-state index contributed by atoms with van der Waals surface area (Å²) in [4.78, 5) is 37.9. The molecule has 0 saturated carbocycles. The molecule has 356 valence electrons. The van der Waals surface area contributed by atoms with Gasteiger partial charge in [0.1, 0.15) is 13.2 Å². The van der Waals surface area contributed by atoms with E-state index in [-0.39, 0.29) is 31.1 Å². The first kappa shape index (κ1) is 58.4. The molecule has 60 heavy (non-hydrogen) atoms. The van der Waals surface area contributed by atoms with Gasteiger partial charge in [0.2, 0.25) is 0 Å². The van der Waals surface area contributed by atoms with Gasteiger partial charge in [-0.2, -0.15) is 0 Å². The third kappa shape index (κ3) is 45.9. The molecule has 0 radical (unpaired) electrons. The molecule has 0 bridgehead atoms. The van der Waals surface area contributed by atoms with E-state index >= 15 is 0 Å². The van der Waals surface area contributed by atoms with Crippen molar-refractivity contribution in [1.82, 2.24) is 0 Å². The number of esters is 3. The maximum Gasteiger partial charge on any atom is 0.306 e. The highest BCUT2D eigenvalue weighted by molar-refractivity contribution is 5.71. The van der Waals surface area contributed by atoms with E-state index < -0.39 is 6.10 Å². The second-order valence-corrected chi connectivity index (χ2v) is 19.7.